The quantitative estimate of drug-likeness (QED) is 0.816. The second-order valence-electron chi connectivity index (χ2n) is 5.66. The Balaban J connectivity index is 2.55. The van der Waals surface area contributed by atoms with Crippen molar-refractivity contribution in [3.63, 3.8) is 0 Å². The monoisotopic (exact) mass is 251 g/mol. The van der Waals surface area contributed by atoms with Crippen LogP contribution in [-0.4, -0.2) is 24.9 Å². The topological polar surface area (TPSA) is 41.5 Å². The SMILES string of the molecule is COc1ccc(CNC(CCO)C(C)(C)C)cc1. The van der Waals surface area contributed by atoms with E-state index in [-0.39, 0.29) is 12.0 Å². The van der Waals surface area contributed by atoms with E-state index < -0.39 is 0 Å². The summed E-state index contributed by atoms with van der Waals surface area (Å²) in [5.41, 5.74) is 1.37. The fraction of sp³-hybridized carbons (Fsp3) is 0.600. The molecule has 0 aliphatic carbocycles. The molecule has 1 rings (SSSR count). The van der Waals surface area contributed by atoms with E-state index in [4.69, 9.17) is 9.84 Å². The molecule has 0 fully saturated rings. The van der Waals surface area contributed by atoms with E-state index in [1.165, 1.54) is 5.56 Å². The van der Waals surface area contributed by atoms with Gasteiger partial charge in [-0.2, -0.15) is 0 Å². The lowest BCUT2D eigenvalue weighted by Gasteiger charge is -2.31. The van der Waals surface area contributed by atoms with Gasteiger partial charge in [-0.3, -0.25) is 0 Å². The standard InChI is InChI=1S/C15H25NO2/c1-15(2,3)14(9-10-17)16-11-12-5-7-13(18-4)8-6-12/h5-8,14,16-17H,9-11H2,1-4H3. The predicted octanol–water partition coefficient (Wildman–Crippen LogP) is 2.58. The summed E-state index contributed by atoms with van der Waals surface area (Å²) in [4.78, 5) is 0. The average molecular weight is 251 g/mol. The van der Waals surface area contributed by atoms with E-state index in [0.717, 1.165) is 18.7 Å². The van der Waals surface area contributed by atoms with Gasteiger partial charge in [0.15, 0.2) is 0 Å². The third-order valence-electron chi connectivity index (χ3n) is 3.17. The van der Waals surface area contributed by atoms with Crippen LogP contribution in [0.2, 0.25) is 0 Å². The van der Waals surface area contributed by atoms with Crippen LogP contribution >= 0.6 is 0 Å². The van der Waals surface area contributed by atoms with E-state index >= 15 is 0 Å². The molecular weight excluding hydrogens is 226 g/mol. The van der Waals surface area contributed by atoms with Crippen molar-refractivity contribution in [1.82, 2.24) is 5.32 Å². The lowest BCUT2D eigenvalue weighted by Crippen LogP contribution is -2.40. The first-order valence-electron chi connectivity index (χ1n) is 6.44. The van der Waals surface area contributed by atoms with Crippen LogP contribution < -0.4 is 10.1 Å². The van der Waals surface area contributed by atoms with Gasteiger partial charge in [0.05, 0.1) is 7.11 Å². The van der Waals surface area contributed by atoms with Gasteiger partial charge < -0.3 is 15.2 Å². The Morgan fingerprint density at radius 3 is 2.28 bits per heavy atom. The number of benzene rings is 1. The third-order valence-corrected chi connectivity index (χ3v) is 3.17. The maximum absolute atomic E-state index is 9.11. The van der Waals surface area contributed by atoms with E-state index in [1.807, 2.05) is 12.1 Å². The highest BCUT2D eigenvalue weighted by atomic mass is 16.5. The zero-order chi connectivity index (χ0) is 13.6. The van der Waals surface area contributed by atoms with Crippen molar-refractivity contribution in [3.05, 3.63) is 29.8 Å². The molecular formula is C15H25NO2. The molecule has 0 bridgehead atoms. The number of hydrogen-bond donors (Lipinski definition) is 2. The molecule has 0 aromatic heterocycles. The Morgan fingerprint density at radius 2 is 1.83 bits per heavy atom. The fourth-order valence-electron chi connectivity index (χ4n) is 1.95. The second kappa shape index (κ2) is 6.76. The molecule has 1 unspecified atom stereocenters. The van der Waals surface area contributed by atoms with E-state index in [1.54, 1.807) is 7.11 Å². The average Bonchev–Trinajstić information content (AvgIpc) is 2.33. The van der Waals surface area contributed by atoms with Crippen LogP contribution in [0.5, 0.6) is 5.75 Å². The van der Waals surface area contributed by atoms with Crippen LogP contribution in [0.4, 0.5) is 0 Å². The van der Waals surface area contributed by atoms with Gasteiger partial charge in [-0.1, -0.05) is 32.9 Å². The normalized spacial score (nSPS) is 13.4. The first kappa shape index (κ1) is 15.0. The fourth-order valence-corrected chi connectivity index (χ4v) is 1.95. The van der Waals surface area contributed by atoms with Crippen molar-refractivity contribution in [3.8, 4) is 5.75 Å². The lowest BCUT2D eigenvalue weighted by molar-refractivity contribution is 0.196. The molecule has 0 amide bonds. The summed E-state index contributed by atoms with van der Waals surface area (Å²) < 4.78 is 5.13. The molecule has 0 aliphatic heterocycles. The van der Waals surface area contributed by atoms with Crippen LogP contribution in [0.15, 0.2) is 24.3 Å². The minimum Gasteiger partial charge on any atom is -0.497 e. The number of aliphatic hydroxyl groups excluding tert-OH is 1. The summed E-state index contributed by atoms with van der Waals surface area (Å²) in [5, 5.41) is 12.6. The number of ether oxygens (including phenoxy) is 1. The summed E-state index contributed by atoms with van der Waals surface area (Å²) in [6.45, 7) is 7.60. The Hall–Kier alpha value is -1.06. The van der Waals surface area contributed by atoms with Crippen LogP contribution in [0.1, 0.15) is 32.8 Å². The van der Waals surface area contributed by atoms with Gasteiger partial charge in [0.25, 0.3) is 0 Å². The minimum atomic E-state index is 0.148. The van der Waals surface area contributed by atoms with E-state index in [0.29, 0.717) is 6.04 Å². The molecule has 0 spiro atoms. The Morgan fingerprint density at radius 1 is 1.22 bits per heavy atom. The Bertz CT molecular complexity index is 341. The van der Waals surface area contributed by atoms with Crippen LogP contribution in [0.3, 0.4) is 0 Å². The van der Waals surface area contributed by atoms with Gasteiger partial charge in [-0.25, -0.2) is 0 Å². The number of aliphatic hydroxyl groups is 1. The first-order chi connectivity index (χ1) is 8.47. The number of methoxy groups -OCH3 is 1. The van der Waals surface area contributed by atoms with E-state index in [2.05, 4.69) is 38.2 Å². The number of hydrogen-bond acceptors (Lipinski definition) is 3. The van der Waals surface area contributed by atoms with Crippen molar-refractivity contribution < 1.29 is 9.84 Å². The van der Waals surface area contributed by atoms with Crippen LogP contribution in [-0.2, 0) is 6.54 Å². The third kappa shape index (κ3) is 4.67. The molecule has 0 saturated heterocycles. The molecule has 2 N–H and O–H groups in total. The molecule has 1 aromatic rings. The second-order valence-corrected chi connectivity index (χ2v) is 5.66. The summed E-state index contributed by atoms with van der Waals surface area (Å²) in [6.07, 6.45) is 0.777. The molecule has 1 aromatic carbocycles. The molecule has 0 heterocycles. The van der Waals surface area contributed by atoms with Crippen molar-refractivity contribution >= 4 is 0 Å². The highest BCUT2D eigenvalue weighted by Gasteiger charge is 2.23. The Labute approximate surface area is 110 Å². The smallest absolute Gasteiger partial charge is 0.118 e. The van der Waals surface area contributed by atoms with E-state index in [9.17, 15) is 0 Å². The minimum absolute atomic E-state index is 0.148. The van der Waals surface area contributed by atoms with Gasteiger partial charge in [-0.05, 0) is 29.5 Å². The highest BCUT2D eigenvalue weighted by Crippen LogP contribution is 2.22. The first-order valence-corrected chi connectivity index (χ1v) is 6.44. The summed E-state index contributed by atoms with van der Waals surface area (Å²) in [6, 6.07) is 8.36. The number of nitrogens with one attached hydrogen (secondary N) is 1. The molecule has 3 nitrogen and oxygen atoms in total. The van der Waals surface area contributed by atoms with Gasteiger partial charge in [0.2, 0.25) is 0 Å². The van der Waals surface area contributed by atoms with Crippen LogP contribution in [0, 0.1) is 5.41 Å². The maximum atomic E-state index is 9.11. The van der Waals surface area contributed by atoms with Gasteiger partial charge in [0.1, 0.15) is 5.75 Å². The highest BCUT2D eigenvalue weighted by molar-refractivity contribution is 5.27. The zero-order valence-corrected chi connectivity index (χ0v) is 11.9. The molecule has 0 saturated carbocycles. The molecule has 0 aliphatic rings. The van der Waals surface area contributed by atoms with Gasteiger partial charge >= 0.3 is 0 Å². The predicted molar refractivity (Wildman–Crippen MR) is 74.8 cm³/mol. The molecule has 0 radical (unpaired) electrons. The summed E-state index contributed by atoms with van der Waals surface area (Å²) >= 11 is 0. The van der Waals surface area contributed by atoms with Gasteiger partial charge in [0, 0.05) is 19.2 Å². The van der Waals surface area contributed by atoms with Crippen molar-refractivity contribution in [1.29, 1.82) is 0 Å². The number of rotatable bonds is 6. The maximum Gasteiger partial charge on any atom is 0.118 e. The van der Waals surface area contributed by atoms with Crippen molar-refractivity contribution in [2.45, 2.75) is 39.8 Å². The van der Waals surface area contributed by atoms with Crippen molar-refractivity contribution in [2.24, 2.45) is 5.41 Å². The lowest BCUT2D eigenvalue weighted by atomic mass is 9.85. The largest absolute Gasteiger partial charge is 0.497 e. The molecule has 1 atom stereocenters. The molecule has 3 heteroatoms. The summed E-state index contributed by atoms with van der Waals surface area (Å²) in [7, 11) is 1.67. The summed E-state index contributed by atoms with van der Waals surface area (Å²) in [5.74, 6) is 0.876. The Kier molecular flexibility index (Phi) is 5.63. The molecule has 102 valence electrons. The van der Waals surface area contributed by atoms with Gasteiger partial charge in [-0.15, -0.1) is 0 Å². The zero-order valence-electron chi connectivity index (χ0n) is 11.9. The molecule has 18 heavy (non-hydrogen) atoms. The van der Waals surface area contributed by atoms with Crippen molar-refractivity contribution in [2.75, 3.05) is 13.7 Å². The van der Waals surface area contributed by atoms with Crippen LogP contribution in [0.25, 0.3) is 0 Å².